The number of hydrogen-bond acceptors (Lipinski definition) is 3. The second-order valence-electron chi connectivity index (χ2n) is 7.76. The van der Waals surface area contributed by atoms with E-state index in [1.807, 2.05) is 24.3 Å². The van der Waals surface area contributed by atoms with Gasteiger partial charge in [-0.3, -0.25) is 4.79 Å². The standard InChI is InChI=1S/C25H29NO2/c1-2-6-20-14-16-22(15-13-19-9-11-21(18-26)12-10-19)24(17-20)28-25(27)23-7-4-3-5-8-23/h9-12,14,16-17,23H,2-8,13,15H2,1H3. The molecule has 3 nitrogen and oxygen atoms in total. The summed E-state index contributed by atoms with van der Waals surface area (Å²) in [5, 5.41) is 8.94. The van der Waals surface area contributed by atoms with Gasteiger partial charge < -0.3 is 4.74 Å². The first kappa shape index (κ1) is 20.1. The Bertz CT molecular complexity index is 827. The quantitative estimate of drug-likeness (QED) is 0.455. The topological polar surface area (TPSA) is 50.1 Å². The van der Waals surface area contributed by atoms with E-state index in [2.05, 4.69) is 31.2 Å². The monoisotopic (exact) mass is 375 g/mol. The molecule has 3 heteroatoms. The van der Waals surface area contributed by atoms with Crippen molar-refractivity contribution in [2.24, 2.45) is 5.92 Å². The molecule has 28 heavy (non-hydrogen) atoms. The molecule has 1 saturated carbocycles. The fourth-order valence-corrected chi connectivity index (χ4v) is 3.90. The van der Waals surface area contributed by atoms with E-state index in [1.165, 1.54) is 17.5 Å². The SMILES string of the molecule is CCCc1ccc(CCc2ccc(C#N)cc2)c(OC(=O)C2CCCCC2)c1. The van der Waals surface area contributed by atoms with Crippen molar-refractivity contribution in [2.75, 3.05) is 0 Å². The van der Waals surface area contributed by atoms with Gasteiger partial charge in [0.15, 0.2) is 0 Å². The van der Waals surface area contributed by atoms with E-state index in [-0.39, 0.29) is 11.9 Å². The Morgan fingerprint density at radius 2 is 1.71 bits per heavy atom. The zero-order valence-corrected chi connectivity index (χ0v) is 16.7. The highest BCUT2D eigenvalue weighted by molar-refractivity contribution is 5.75. The van der Waals surface area contributed by atoms with E-state index < -0.39 is 0 Å². The van der Waals surface area contributed by atoms with Crippen molar-refractivity contribution >= 4 is 5.97 Å². The van der Waals surface area contributed by atoms with Crippen molar-refractivity contribution in [3.05, 3.63) is 64.7 Å². The molecule has 0 radical (unpaired) electrons. The largest absolute Gasteiger partial charge is 0.426 e. The molecule has 146 valence electrons. The van der Waals surface area contributed by atoms with Crippen LogP contribution in [0.3, 0.4) is 0 Å². The van der Waals surface area contributed by atoms with Crippen LogP contribution in [0.1, 0.15) is 67.7 Å². The minimum Gasteiger partial charge on any atom is -0.426 e. The van der Waals surface area contributed by atoms with Gasteiger partial charge >= 0.3 is 5.97 Å². The highest BCUT2D eigenvalue weighted by Gasteiger charge is 2.23. The molecule has 0 bridgehead atoms. The molecule has 0 N–H and O–H groups in total. The predicted octanol–water partition coefficient (Wildman–Crippen LogP) is 5.78. The van der Waals surface area contributed by atoms with E-state index in [0.29, 0.717) is 5.56 Å². The van der Waals surface area contributed by atoms with Gasteiger partial charge in [0.2, 0.25) is 0 Å². The minimum atomic E-state index is -0.0621. The number of nitriles is 1. The number of carbonyl (C=O) groups is 1. The summed E-state index contributed by atoms with van der Waals surface area (Å²) in [5.74, 6) is 0.720. The van der Waals surface area contributed by atoms with Crippen molar-refractivity contribution in [2.45, 2.75) is 64.7 Å². The van der Waals surface area contributed by atoms with Gasteiger partial charge in [0, 0.05) is 0 Å². The predicted molar refractivity (Wildman–Crippen MR) is 111 cm³/mol. The van der Waals surface area contributed by atoms with Crippen molar-refractivity contribution in [1.29, 1.82) is 5.26 Å². The van der Waals surface area contributed by atoms with E-state index in [9.17, 15) is 4.79 Å². The molecule has 0 aliphatic heterocycles. The van der Waals surface area contributed by atoms with Gasteiger partial charge in [0.25, 0.3) is 0 Å². The second kappa shape index (κ2) is 10.1. The van der Waals surface area contributed by atoms with Gasteiger partial charge in [0.05, 0.1) is 17.6 Å². The molecular formula is C25H29NO2. The summed E-state index contributed by atoms with van der Waals surface area (Å²) in [6.07, 6.45) is 9.11. The third-order valence-electron chi connectivity index (χ3n) is 5.59. The zero-order chi connectivity index (χ0) is 19.8. The maximum atomic E-state index is 12.7. The molecule has 1 aliphatic rings. The molecule has 1 aliphatic carbocycles. The average Bonchev–Trinajstić information content (AvgIpc) is 2.74. The molecule has 2 aromatic carbocycles. The number of rotatable bonds is 7. The number of aryl methyl sites for hydroxylation is 3. The van der Waals surface area contributed by atoms with E-state index in [1.54, 1.807) is 0 Å². The number of ether oxygens (including phenoxy) is 1. The zero-order valence-electron chi connectivity index (χ0n) is 16.7. The molecule has 0 saturated heterocycles. The first-order valence-corrected chi connectivity index (χ1v) is 10.5. The maximum Gasteiger partial charge on any atom is 0.314 e. The minimum absolute atomic E-state index is 0.0509. The Labute approximate surface area is 168 Å². The lowest BCUT2D eigenvalue weighted by Gasteiger charge is -2.21. The van der Waals surface area contributed by atoms with Crippen LogP contribution in [-0.2, 0) is 24.1 Å². The van der Waals surface area contributed by atoms with Crippen molar-refractivity contribution in [3.8, 4) is 11.8 Å². The van der Waals surface area contributed by atoms with Gasteiger partial charge in [-0.15, -0.1) is 0 Å². The lowest BCUT2D eigenvalue weighted by Crippen LogP contribution is -2.23. The molecule has 0 aromatic heterocycles. The third kappa shape index (κ3) is 5.45. The highest BCUT2D eigenvalue weighted by Crippen LogP contribution is 2.28. The van der Waals surface area contributed by atoms with Gasteiger partial charge in [-0.05, 0) is 67.0 Å². The Balaban J connectivity index is 1.73. The maximum absolute atomic E-state index is 12.7. The molecule has 0 heterocycles. The molecule has 2 aromatic rings. The number of hydrogen-bond donors (Lipinski definition) is 0. The molecule has 0 amide bonds. The van der Waals surface area contributed by atoms with E-state index >= 15 is 0 Å². The summed E-state index contributed by atoms with van der Waals surface area (Å²) in [6, 6.07) is 16.2. The van der Waals surface area contributed by atoms with Crippen molar-refractivity contribution in [3.63, 3.8) is 0 Å². The highest BCUT2D eigenvalue weighted by atomic mass is 16.5. The Morgan fingerprint density at radius 3 is 2.39 bits per heavy atom. The second-order valence-corrected chi connectivity index (χ2v) is 7.76. The van der Waals surface area contributed by atoms with Crippen LogP contribution in [0.25, 0.3) is 0 Å². The molecule has 1 fully saturated rings. The van der Waals surface area contributed by atoms with Crippen LogP contribution in [0.15, 0.2) is 42.5 Å². The van der Waals surface area contributed by atoms with Gasteiger partial charge in [-0.1, -0.05) is 56.9 Å². The Morgan fingerprint density at radius 1 is 1.00 bits per heavy atom. The van der Waals surface area contributed by atoms with Gasteiger partial charge in [0.1, 0.15) is 5.75 Å². The smallest absolute Gasteiger partial charge is 0.314 e. The summed E-state index contributed by atoms with van der Waals surface area (Å²) in [4.78, 5) is 12.7. The van der Waals surface area contributed by atoms with Crippen molar-refractivity contribution < 1.29 is 9.53 Å². The summed E-state index contributed by atoms with van der Waals surface area (Å²) >= 11 is 0. The lowest BCUT2D eigenvalue weighted by atomic mass is 9.89. The lowest BCUT2D eigenvalue weighted by molar-refractivity contribution is -0.140. The van der Waals surface area contributed by atoms with Gasteiger partial charge in [-0.2, -0.15) is 5.26 Å². The van der Waals surface area contributed by atoms with Gasteiger partial charge in [-0.25, -0.2) is 0 Å². The third-order valence-corrected chi connectivity index (χ3v) is 5.59. The van der Waals surface area contributed by atoms with Crippen molar-refractivity contribution in [1.82, 2.24) is 0 Å². The summed E-state index contributed by atoms with van der Waals surface area (Å²) in [6.45, 7) is 2.16. The van der Waals surface area contributed by atoms with Crippen LogP contribution >= 0.6 is 0 Å². The fraction of sp³-hybridized carbons (Fsp3) is 0.440. The number of nitrogens with zero attached hydrogens (tertiary/aromatic N) is 1. The van der Waals surface area contributed by atoms with Crippen LogP contribution in [-0.4, -0.2) is 5.97 Å². The molecular weight excluding hydrogens is 346 g/mol. The number of carbonyl (C=O) groups excluding carboxylic acids is 1. The average molecular weight is 376 g/mol. The molecule has 0 unspecified atom stereocenters. The molecule has 3 rings (SSSR count). The normalized spacial score (nSPS) is 14.4. The molecule has 0 atom stereocenters. The van der Waals surface area contributed by atoms with E-state index in [0.717, 1.165) is 62.7 Å². The Hall–Kier alpha value is -2.60. The van der Waals surface area contributed by atoms with Crippen LogP contribution in [0, 0.1) is 17.2 Å². The van der Waals surface area contributed by atoms with Crippen LogP contribution in [0.5, 0.6) is 5.75 Å². The number of esters is 1. The van der Waals surface area contributed by atoms with Crippen LogP contribution in [0.4, 0.5) is 0 Å². The summed E-state index contributed by atoms with van der Waals surface area (Å²) < 4.78 is 5.91. The first-order valence-electron chi connectivity index (χ1n) is 10.5. The fourth-order valence-electron chi connectivity index (χ4n) is 3.90. The number of benzene rings is 2. The molecule has 0 spiro atoms. The van der Waals surface area contributed by atoms with E-state index in [4.69, 9.17) is 10.00 Å². The Kier molecular flexibility index (Phi) is 7.25. The van der Waals surface area contributed by atoms with Crippen LogP contribution < -0.4 is 4.74 Å². The summed E-state index contributed by atoms with van der Waals surface area (Å²) in [7, 11) is 0. The first-order chi connectivity index (χ1) is 13.7. The van der Waals surface area contributed by atoms with Crippen LogP contribution in [0.2, 0.25) is 0 Å². The summed E-state index contributed by atoms with van der Waals surface area (Å²) in [5.41, 5.74) is 4.15.